The van der Waals surface area contributed by atoms with Crippen LogP contribution in [0, 0.1) is 0 Å². The van der Waals surface area contributed by atoms with Gasteiger partial charge in [-0.3, -0.25) is 14.6 Å². The minimum absolute atomic E-state index is 0.177. The van der Waals surface area contributed by atoms with Crippen LogP contribution in [0.3, 0.4) is 0 Å². The van der Waals surface area contributed by atoms with Crippen molar-refractivity contribution in [2.75, 3.05) is 11.9 Å². The monoisotopic (exact) mass is 337 g/mol. The SMILES string of the molecule is O=C(CCNC(=O)c1ccoc1Br)Nc1cccnc1. The van der Waals surface area contributed by atoms with Crippen LogP contribution in [0.4, 0.5) is 5.69 Å². The first-order valence-corrected chi connectivity index (χ1v) is 6.67. The van der Waals surface area contributed by atoms with Crippen LogP contribution in [0.2, 0.25) is 0 Å². The van der Waals surface area contributed by atoms with E-state index in [9.17, 15) is 9.59 Å². The molecule has 0 saturated carbocycles. The molecule has 2 N–H and O–H groups in total. The maximum atomic E-state index is 11.7. The molecule has 0 atom stereocenters. The zero-order valence-corrected chi connectivity index (χ0v) is 12.0. The van der Waals surface area contributed by atoms with Crippen molar-refractivity contribution < 1.29 is 14.0 Å². The number of furan rings is 1. The number of halogens is 1. The van der Waals surface area contributed by atoms with E-state index in [1.165, 1.54) is 6.26 Å². The lowest BCUT2D eigenvalue weighted by atomic mass is 10.3. The van der Waals surface area contributed by atoms with Crippen molar-refractivity contribution in [1.82, 2.24) is 10.3 Å². The van der Waals surface area contributed by atoms with Crippen LogP contribution in [0.1, 0.15) is 16.8 Å². The minimum atomic E-state index is -0.292. The Bertz CT molecular complexity index is 598. The third kappa shape index (κ3) is 3.92. The Kier molecular flexibility index (Phi) is 4.89. The van der Waals surface area contributed by atoms with Gasteiger partial charge in [0.05, 0.1) is 23.7 Å². The minimum Gasteiger partial charge on any atom is -0.457 e. The Morgan fingerprint density at radius 3 is 2.85 bits per heavy atom. The fraction of sp³-hybridized carbons (Fsp3) is 0.154. The number of nitrogens with zero attached hydrogens (tertiary/aromatic N) is 1. The molecule has 2 amide bonds. The molecule has 0 fully saturated rings. The van der Waals surface area contributed by atoms with Crippen molar-refractivity contribution in [2.45, 2.75) is 6.42 Å². The summed E-state index contributed by atoms with van der Waals surface area (Å²) in [5.41, 5.74) is 1.03. The zero-order valence-electron chi connectivity index (χ0n) is 10.4. The summed E-state index contributed by atoms with van der Waals surface area (Å²) < 4.78 is 5.33. The molecule has 0 aliphatic carbocycles. The standard InChI is InChI=1S/C13H12BrN3O3/c14-12-10(4-7-20-12)13(19)16-6-3-11(18)17-9-2-1-5-15-8-9/h1-2,4-5,7-8H,3,6H2,(H,16,19)(H,17,18). The van der Waals surface area contributed by atoms with Gasteiger partial charge in [-0.05, 0) is 34.1 Å². The molecule has 2 aromatic heterocycles. The predicted molar refractivity (Wildman–Crippen MR) is 76.2 cm³/mol. The molecule has 0 bridgehead atoms. The highest BCUT2D eigenvalue weighted by atomic mass is 79.9. The summed E-state index contributed by atoms with van der Waals surface area (Å²) in [6, 6.07) is 5.02. The highest BCUT2D eigenvalue weighted by molar-refractivity contribution is 9.10. The summed E-state index contributed by atoms with van der Waals surface area (Å²) in [4.78, 5) is 27.2. The van der Waals surface area contributed by atoms with E-state index in [0.717, 1.165) is 0 Å². The second-order valence-corrected chi connectivity index (χ2v) is 4.62. The number of hydrogen-bond acceptors (Lipinski definition) is 4. The summed E-state index contributed by atoms with van der Waals surface area (Å²) in [6.07, 6.45) is 4.77. The molecule has 7 heteroatoms. The van der Waals surface area contributed by atoms with Crippen molar-refractivity contribution in [3.8, 4) is 0 Å². The largest absolute Gasteiger partial charge is 0.457 e. The van der Waals surface area contributed by atoms with Crippen molar-refractivity contribution in [2.24, 2.45) is 0 Å². The van der Waals surface area contributed by atoms with Gasteiger partial charge >= 0.3 is 0 Å². The van der Waals surface area contributed by atoms with Crippen molar-refractivity contribution in [1.29, 1.82) is 0 Å². The van der Waals surface area contributed by atoms with E-state index in [-0.39, 0.29) is 24.8 Å². The maximum absolute atomic E-state index is 11.7. The number of pyridine rings is 1. The first-order chi connectivity index (χ1) is 9.66. The normalized spacial score (nSPS) is 10.1. The third-order valence-electron chi connectivity index (χ3n) is 2.45. The average molecular weight is 338 g/mol. The molecule has 0 spiro atoms. The Morgan fingerprint density at radius 2 is 2.20 bits per heavy atom. The number of rotatable bonds is 5. The van der Waals surface area contributed by atoms with Gasteiger partial charge in [-0.25, -0.2) is 0 Å². The summed E-state index contributed by atoms with van der Waals surface area (Å²) in [5.74, 6) is -0.482. The number of nitrogens with one attached hydrogen (secondary N) is 2. The first-order valence-electron chi connectivity index (χ1n) is 5.88. The van der Waals surface area contributed by atoms with Crippen molar-refractivity contribution in [3.63, 3.8) is 0 Å². The Labute approximate surface area is 123 Å². The van der Waals surface area contributed by atoms with Crippen molar-refractivity contribution >= 4 is 33.4 Å². The predicted octanol–water partition coefficient (Wildman–Crippen LogP) is 2.20. The molecule has 0 saturated heterocycles. The second kappa shape index (κ2) is 6.85. The lowest BCUT2D eigenvalue weighted by Gasteiger charge is -2.05. The fourth-order valence-electron chi connectivity index (χ4n) is 1.50. The summed E-state index contributed by atoms with van der Waals surface area (Å²) in [7, 11) is 0. The Morgan fingerprint density at radius 1 is 1.35 bits per heavy atom. The van der Waals surface area contributed by atoms with Crippen molar-refractivity contribution in [3.05, 3.63) is 47.1 Å². The summed E-state index contributed by atoms with van der Waals surface area (Å²) in [5, 5.41) is 5.32. The highest BCUT2D eigenvalue weighted by Crippen LogP contribution is 2.16. The van der Waals surface area contributed by atoms with E-state index in [1.54, 1.807) is 30.6 Å². The average Bonchev–Trinajstić information content (AvgIpc) is 2.86. The zero-order chi connectivity index (χ0) is 14.4. The van der Waals surface area contributed by atoms with Crippen LogP contribution < -0.4 is 10.6 Å². The van der Waals surface area contributed by atoms with Crippen LogP contribution in [0.15, 0.2) is 45.9 Å². The molecule has 0 radical (unpaired) electrons. The Hall–Kier alpha value is -2.15. The molecule has 20 heavy (non-hydrogen) atoms. The molecule has 0 aliphatic heterocycles. The van der Waals surface area contributed by atoms with E-state index in [1.807, 2.05) is 0 Å². The Balaban J connectivity index is 1.75. The van der Waals surface area contributed by atoms with Crippen LogP contribution in [-0.2, 0) is 4.79 Å². The van der Waals surface area contributed by atoms with E-state index in [4.69, 9.17) is 4.42 Å². The first kappa shape index (κ1) is 14.3. The van der Waals surface area contributed by atoms with Gasteiger partial charge in [0.2, 0.25) is 5.91 Å². The van der Waals surface area contributed by atoms with Crippen LogP contribution in [0.5, 0.6) is 0 Å². The van der Waals surface area contributed by atoms with Crippen LogP contribution in [0.25, 0.3) is 0 Å². The van der Waals surface area contributed by atoms with Gasteiger partial charge < -0.3 is 15.1 Å². The molecule has 0 aromatic carbocycles. The lowest BCUT2D eigenvalue weighted by Crippen LogP contribution is -2.27. The van der Waals surface area contributed by atoms with Gasteiger partial charge in [-0.1, -0.05) is 0 Å². The molecular weight excluding hydrogens is 326 g/mol. The smallest absolute Gasteiger partial charge is 0.255 e. The molecule has 2 heterocycles. The number of amides is 2. The molecular formula is C13H12BrN3O3. The number of hydrogen-bond donors (Lipinski definition) is 2. The molecule has 2 aromatic rings. The third-order valence-corrected chi connectivity index (χ3v) is 3.06. The van der Waals surface area contributed by atoms with Gasteiger partial charge in [0, 0.05) is 19.2 Å². The van der Waals surface area contributed by atoms with Crippen LogP contribution in [-0.4, -0.2) is 23.3 Å². The van der Waals surface area contributed by atoms with E-state index in [0.29, 0.717) is 15.9 Å². The van der Waals surface area contributed by atoms with E-state index < -0.39 is 0 Å². The highest BCUT2D eigenvalue weighted by Gasteiger charge is 2.12. The molecule has 2 rings (SSSR count). The molecule has 0 aliphatic rings. The molecule has 6 nitrogen and oxygen atoms in total. The topological polar surface area (TPSA) is 84.2 Å². The van der Waals surface area contributed by atoms with Gasteiger partial charge in [0.25, 0.3) is 5.91 Å². The molecule has 104 valence electrons. The van der Waals surface area contributed by atoms with E-state index in [2.05, 4.69) is 31.5 Å². The second-order valence-electron chi connectivity index (χ2n) is 3.90. The molecule has 0 unspecified atom stereocenters. The number of carbonyl (C=O) groups is 2. The summed E-state index contributed by atoms with van der Waals surface area (Å²) >= 11 is 3.12. The fourth-order valence-corrected chi connectivity index (χ4v) is 1.92. The van der Waals surface area contributed by atoms with Crippen LogP contribution >= 0.6 is 15.9 Å². The van der Waals surface area contributed by atoms with E-state index >= 15 is 0 Å². The van der Waals surface area contributed by atoms with Gasteiger partial charge in [-0.2, -0.15) is 0 Å². The number of anilines is 1. The van der Waals surface area contributed by atoms with Gasteiger partial charge in [-0.15, -0.1) is 0 Å². The number of aromatic nitrogens is 1. The van der Waals surface area contributed by atoms with Gasteiger partial charge in [0.1, 0.15) is 0 Å². The summed E-state index contributed by atoms with van der Waals surface area (Å²) in [6.45, 7) is 0.239. The quantitative estimate of drug-likeness (QED) is 0.875. The maximum Gasteiger partial charge on any atom is 0.255 e. The van der Waals surface area contributed by atoms with Gasteiger partial charge in [0.15, 0.2) is 4.67 Å². The number of carbonyl (C=O) groups excluding carboxylic acids is 2. The lowest BCUT2D eigenvalue weighted by molar-refractivity contribution is -0.116.